The van der Waals surface area contributed by atoms with Crippen molar-refractivity contribution in [3.63, 3.8) is 0 Å². The van der Waals surface area contributed by atoms with E-state index in [0.717, 1.165) is 17.6 Å². The first-order valence-corrected chi connectivity index (χ1v) is 9.49. The van der Waals surface area contributed by atoms with Crippen LogP contribution in [0.1, 0.15) is 43.8 Å². The van der Waals surface area contributed by atoms with Gasteiger partial charge in [-0.05, 0) is 30.9 Å². The van der Waals surface area contributed by atoms with E-state index in [1.54, 1.807) is 12.3 Å². The van der Waals surface area contributed by atoms with E-state index in [2.05, 4.69) is 0 Å². The van der Waals surface area contributed by atoms with E-state index in [-0.39, 0.29) is 24.2 Å². The van der Waals surface area contributed by atoms with Gasteiger partial charge in [-0.15, -0.1) is 11.6 Å². The maximum absolute atomic E-state index is 13.2. The standard InChI is InChI=1S/C19H19ClO6/c20-9-18(23)6-14-15-11(16(21)25-14)2-1-3-12(15)19(18)7-13(26-17(19)22)10-4-5-24-8-10/h4-5,8,12-14,23H,1-3,6-7,9H2. The topological polar surface area (TPSA) is 86.0 Å². The molecule has 0 radical (unpaired) electrons. The summed E-state index contributed by atoms with van der Waals surface area (Å²) in [4.78, 5) is 25.4. The lowest BCUT2D eigenvalue weighted by Gasteiger charge is -2.52. The van der Waals surface area contributed by atoms with Crippen LogP contribution in [0.4, 0.5) is 0 Å². The van der Waals surface area contributed by atoms with Crippen molar-refractivity contribution in [3.8, 4) is 0 Å². The van der Waals surface area contributed by atoms with E-state index in [1.165, 1.54) is 6.26 Å². The number of carbonyl (C=O) groups is 2. The van der Waals surface area contributed by atoms with Crippen molar-refractivity contribution in [2.75, 3.05) is 5.88 Å². The van der Waals surface area contributed by atoms with E-state index in [0.29, 0.717) is 24.8 Å². The molecular weight excluding hydrogens is 360 g/mol. The molecule has 7 heteroatoms. The highest BCUT2D eigenvalue weighted by Crippen LogP contribution is 2.64. The SMILES string of the molecule is O=C1OC2CC(O)(CCl)C3(CC(c4ccoc4)OC3=O)C3CCCC1=C23. The van der Waals surface area contributed by atoms with Gasteiger partial charge in [-0.1, -0.05) is 0 Å². The van der Waals surface area contributed by atoms with Crippen molar-refractivity contribution in [3.05, 3.63) is 35.3 Å². The van der Waals surface area contributed by atoms with Gasteiger partial charge in [-0.25, -0.2) is 4.79 Å². The van der Waals surface area contributed by atoms with E-state index >= 15 is 0 Å². The first kappa shape index (κ1) is 16.4. The molecule has 0 amide bonds. The Morgan fingerprint density at radius 3 is 2.81 bits per heavy atom. The Balaban J connectivity index is 1.66. The lowest BCUT2D eigenvalue weighted by atomic mass is 9.52. The first-order valence-electron chi connectivity index (χ1n) is 8.95. The summed E-state index contributed by atoms with van der Waals surface area (Å²) in [5, 5.41) is 11.5. The molecule has 4 aliphatic rings. The fraction of sp³-hybridized carbons (Fsp3) is 0.579. The highest BCUT2D eigenvalue weighted by Gasteiger charge is 2.71. The summed E-state index contributed by atoms with van der Waals surface area (Å²) >= 11 is 6.20. The van der Waals surface area contributed by atoms with Crippen LogP contribution in [0.2, 0.25) is 0 Å². The number of halogens is 1. The average Bonchev–Trinajstić information content (AvgIpc) is 3.34. The van der Waals surface area contributed by atoms with Crippen molar-refractivity contribution < 1.29 is 28.6 Å². The summed E-state index contributed by atoms with van der Waals surface area (Å²) in [6.07, 6.45) is 4.69. The van der Waals surface area contributed by atoms with Crippen molar-refractivity contribution in [2.45, 2.75) is 49.9 Å². The number of aliphatic hydroxyl groups is 1. The van der Waals surface area contributed by atoms with E-state index in [9.17, 15) is 14.7 Å². The maximum atomic E-state index is 13.2. The molecule has 1 aromatic rings. The normalized spacial score (nSPS) is 41.4. The van der Waals surface area contributed by atoms with Crippen molar-refractivity contribution >= 4 is 23.5 Å². The average molecular weight is 379 g/mol. The van der Waals surface area contributed by atoms with Crippen LogP contribution in [0, 0.1) is 11.3 Å². The van der Waals surface area contributed by atoms with Crippen molar-refractivity contribution in [1.82, 2.24) is 0 Å². The summed E-state index contributed by atoms with van der Waals surface area (Å²) in [6.45, 7) is 0. The second kappa shape index (κ2) is 5.36. The zero-order valence-electron chi connectivity index (χ0n) is 14.1. The van der Waals surface area contributed by atoms with Gasteiger partial charge in [0.25, 0.3) is 0 Å². The molecule has 5 rings (SSSR count). The molecule has 6 nitrogen and oxygen atoms in total. The third-order valence-corrected chi connectivity index (χ3v) is 7.13. The smallest absolute Gasteiger partial charge is 0.334 e. The molecule has 0 bridgehead atoms. The highest BCUT2D eigenvalue weighted by atomic mass is 35.5. The summed E-state index contributed by atoms with van der Waals surface area (Å²) in [5.74, 6) is -1.16. The Hall–Kier alpha value is -1.79. The van der Waals surface area contributed by atoms with Gasteiger partial charge in [-0.2, -0.15) is 0 Å². The van der Waals surface area contributed by atoms with Crippen LogP contribution >= 0.6 is 11.6 Å². The Morgan fingerprint density at radius 1 is 1.23 bits per heavy atom. The molecular formula is C19H19ClO6. The molecule has 138 valence electrons. The zero-order chi connectivity index (χ0) is 18.1. The number of carbonyl (C=O) groups excluding carboxylic acids is 2. The molecule has 3 heterocycles. The third kappa shape index (κ3) is 1.86. The molecule has 1 spiro atoms. The number of alkyl halides is 1. The van der Waals surface area contributed by atoms with E-state index in [1.807, 2.05) is 0 Å². The van der Waals surface area contributed by atoms with Crippen LogP contribution in [0.15, 0.2) is 34.2 Å². The Labute approximate surface area is 155 Å². The minimum Gasteiger partial charge on any atom is -0.472 e. The summed E-state index contributed by atoms with van der Waals surface area (Å²) in [6, 6.07) is 1.76. The molecule has 1 aromatic heterocycles. The highest BCUT2D eigenvalue weighted by molar-refractivity contribution is 6.19. The second-order valence-electron chi connectivity index (χ2n) is 7.77. The minimum atomic E-state index is -1.49. The Morgan fingerprint density at radius 2 is 2.08 bits per heavy atom. The number of rotatable bonds is 2. The van der Waals surface area contributed by atoms with Gasteiger partial charge in [0.2, 0.25) is 0 Å². The lowest BCUT2D eigenvalue weighted by Crippen LogP contribution is -2.62. The van der Waals surface area contributed by atoms with Crippen LogP contribution in [0.25, 0.3) is 0 Å². The number of fused-ring (bicyclic) bond motifs is 1. The third-order valence-electron chi connectivity index (χ3n) is 6.69. The van der Waals surface area contributed by atoms with Gasteiger partial charge in [0, 0.05) is 29.9 Å². The number of esters is 2. The fourth-order valence-electron chi connectivity index (χ4n) is 5.51. The molecule has 26 heavy (non-hydrogen) atoms. The van der Waals surface area contributed by atoms with Crippen LogP contribution < -0.4 is 0 Å². The Kier molecular flexibility index (Phi) is 3.38. The van der Waals surface area contributed by atoms with Crippen LogP contribution in [0.3, 0.4) is 0 Å². The first-order chi connectivity index (χ1) is 12.5. The fourth-order valence-corrected chi connectivity index (χ4v) is 5.85. The van der Waals surface area contributed by atoms with Gasteiger partial charge in [0.05, 0.1) is 24.0 Å². The van der Waals surface area contributed by atoms with E-state index < -0.39 is 29.2 Å². The largest absolute Gasteiger partial charge is 0.472 e. The lowest BCUT2D eigenvalue weighted by molar-refractivity contribution is -0.178. The number of furan rings is 1. The summed E-state index contributed by atoms with van der Waals surface area (Å²) in [5.41, 5.74) is -0.321. The van der Waals surface area contributed by atoms with Gasteiger partial charge in [0.1, 0.15) is 17.6 Å². The number of hydrogen-bond donors (Lipinski definition) is 1. The van der Waals surface area contributed by atoms with E-state index in [4.69, 9.17) is 25.5 Å². The molecule has 1 saturated heterocycles. The zero-order valence-corrected chi connectivity index (χ0v) is 14.8. The molecule has 1 saturated carbocycles. The number of ether oxygens (including phenoxy) is 2. The van der Waals surface area contributed by atoms with Gasteiger partial charge >= 0.3 is 11.9 Å². The monoisotopic (exact) mass is 378 g/mol. The van der Waals surface area contributed by atoms with Crippen LogP contribution in [-0.2, 0) is 19.1 Å². The molecule has 2 aliphatic heterocycles. The second-order valence-corrected chi connectivity index (χ2v) is 8.04. The quantitative estimate of drug-likeness (QED) is 0.629. The van der Waals surface area contributed by atoms with Gasteiger partial charge in [-0.3, -0.25) is 4.79 Å². The predicted molar refractivity (Wildman–Crippen MR) is 89.1 cm³/mol. The summed E-state index contributed by atoms with van der Waals surface area (Å²) in [7, 11) is 0. The molecule has 5 atom stereocenters. The molecule has 0 aromatic carbocycles. The Bertz CT molecular complexity index is 814. The maximum Gasteiger partial charge on any atom is 0.334 e. The molecule has 1 N–H and O–H groups in total. The minimum absolute atomic E-state index is 0.118. The summed E-state index contributed by atoms with van der Waals surface area (Å²) < 4.78 is 16.3. The van der Waals surface area contributed by atoms with Gasteiger partial charge < -0.3 is 19.0 Å². The van der Waals surface area contributed by atoms with Crippen LogP contribution in [-0.4, -0.2) is 34.6 Å². The predicted octanol–water partition coefficient (Wildman–Crippen LogP) is 2.65. The van der Waals surface area contributed by atoms with Gasteiger partial charge in [0.15, 0.2) is 0 Å². The van der Waals surface area contributed by atoms with Crippen molar-refractivity contribution in [2.24, 2.45) is 11.3 Å². The molecule has 5 unspecified atom stereocenters. The number of cyclic esters (lactones) is 1. The molecule has 2 fully saturated rings. The number of hydrogen-bond acceptors (Lipinski definition) is 6. The molecule has 2 aliphatic carbocycles. The van der Waals surface area contributed by atoms with Crippen LogP contribution in [0.5, 0.6) is 0 Å². The van der Waals surface area contributed by atoms with Crippen molar-refractivity contribution in [1.29, 1.82) is 0 Å².